The Morgan fingerprint density at radius 3 is 3.00 bits per heavy atom. The molecule has 4 rings (SSSR count). The number of aromatic nitrogens is 3. The summed E-state index contributed by atoms with van der Waals surface area (Å²) in [5.41, 5.74) is 3.47. The van der Waals surface area contributed by atoms with Crippen LogP contribution in [0, 0.1) is 11.3 Å². The fourth-order valence-corrected chi connectivity index (χ4v) is 2.52. The summed E-state index contributed by atoms with van der Waals surface area (Å²) in [5.74, 6) is 0.701. The van der Waals surface area contributed by atoms with Gasteiger partial charge in [-0.3, -0.25) is 0 Å². The van der Waals surface area contributed by atoms with Crippen molar-refractivity contribution in [2.45, 2.75) is 6.61 Å². The van der Waals surface area contributed by atoms with E-state index in [-0.39, 0.29) is 5.69 Å². The Kier molecular flexibility index (Phi) is 3.45. The Bertz CT molecular complexity index is 1040. The highest BCUT2D eigenvalue weighted by Gasteiger charge is 2.10. The van der Waals surface area contributed by atoms with Gasteiger partial charge in [0.15, 0.2) is 5.69 Å². The topological polar surface area (TPSA) is 87.7 Å². The fourth-order valence-electron chi connectivity index (χ4n) is 2.52. The lowest BCUT2D eigenvalue weighted by atomic mass is 10.1. The second-order valence-electron chi connectivity index (χ2n) is 5.24. The summed E-state index contributed by atoms with van der Waals surface area (Å²) in [4.78, 5) is 0. The normalized spacial score (nSPS) is 10.6. The molecule has 2 aromatic heterocycles. The first-order valence-corrected chi connectivity index (χ1v) is 7.34. The monoisotopic (exact) mass is 316 g/mol. The zero-order chi connectivity index (χ0) is 16.4. The van der Waals surface area contributed by atoms with Gasteiger partial charge in [-0.2, -0.15) is 15.6 Å². The summed E-state index contributed by atoms with van der Waals surface area (Å²) in [6.45, 7) is 0.439. The summed E-state index contributed by atoms with van der Waals surface area (Å²) in [7, 11) is 0. The van der Waals surface area contributed by atoms with Crippen molar-refractivity contribution < 1.29 is 9.15 Å². The molecule has 116 valence electrons. The van der Waals surface area contributed by atoms with Crippen molar-refractivity contribution in [2.75, 3.05) is 0 Å². The van der Waals surface area contributed by atoms with E-state index in [0.717, 1.165) is 22.1 Å². The summed E-state index contributed by atoms with van der Waals surface area (Å²) < 4.78 is 11.2. The molecule has 6 heteroatoms. The standard InChI is InChI=1S/C18H12N4O2/c19-10-16-18(21-22-20-16)14-2-1-3-15(9-14)24-11-12-4-5-17-13(8-12)6-7-23-17/h1-9H,11H2,(H,20,21,22). The molecule has 4 aromatic rings. The van der Waals surface area contributed by atoms with Crippen molar-refractivity contribution in [1.29, 1.82) is 5.26 Å². The maximum atomic E-state index is 9.05. The highest BCUT2D eigenvalue weighted by Crippen LogP contribution is 2.25. The minimum absolute atomic E-state index is 0.262. The molecular formula is C18H12N4O2. The molecule has 0 radical (unpaired) electrons. The Morgan fingerprint density at radius 2 is 2.08 bits per heavy atom. The van der Waals surface area contributed by atoms with E-state index in [4.69, 9.17) is 14.4 Å². The van der Waals surface area contributed by atoms with Gasteiger partial charge in [0.25, 0.3) is 0 Å². The van der Waals surface area contributed by atoms with E-state index in [1.54, 1.807) is 6.26 Å². The van der Waals surface area contributed by atoms with Gasteiger partial charge in [0, 0.05) is 10.9 Å². The summed E-state index contributed by atoms with van der Waals surface area (Å²) in [5, 5.41) is 20.4. The predicted molar refractivity (Wildman–Crippen MR) is 87.1 cm³/mol. The number of hydrogen-bond donors (Lipinski definition) is 1. The molecule has 0 spiro atoms. The Labute approximate surface area is 137 Å². The molecule has 2 aromatic carbocycles. The molecule has 24 heavy (non-hydrogen) atoms. The second kappa shape index (κ2) is 5.89. The van der Waals surface area contributed by atoms with E-state index in [1.807, 2.05) is 54.6 Å². The zero-order valence-electron chi connectivity index (χ0n) is 12.6. The third-order valence-electron chi connectivity index (χ3n) is 3.68. The van der Waals surface area contributed by atoms with Crippen LogP contribution in [0.5, 0.6) is 5.75 Å². The third kappa shape index (κ3) is 2.59. The van der Waals surface area contributed by atoms with Gasteiger partial charge in [0.2, 0.25) is 0 Å². The molecule has 0 amide bonds. The molecule has 0 unspecified atom stereocenters. The number of fused-ring (bicyclic) bond motifs is 1. The molecule has 0 bridgehead atoms. The van der Waals surface area contributed by atoms with E-state index in [0.29, 0.717) is 18.1 Å². The first-order chi connectivity index (χ1) is 11.8. The third-order valence-corrected chi connectivity index (χ3v) is 3.68. The molecule has 0 atom stereocenters. The minimum Gasteiger partial charge on any atom is -0.489 e. The van der Waals surface area contributed by atoms with E-state index in [1.165, 1.54) is 0 Å². The van der Waals surface area contributed by atoms with E-state index in [2.05, 4.69) is 15.4 Å². The first-order valence-electron chi connectivity index (χ1n) is 7.34. The van der Waals surface area contributed by atoms with Crippen LogP contribution in [-0.2, 0) is 6.61 Å². The van der Waals surface area contributed by atoms with Crippen molar-refractivity contribution in [3.63, 3.8) is 0 Å². The largest absolute Gasteiger partial charge is 0.489 e. The van der Waals surface area contributed by atoms with Crippen LogP contribution in [0.3, 0.4) is 0 Å². The van der Waals surface area contributed by atoms with Crippen LogP contribution < -0.4 is 4.74 Å². The lowest BCUT2D eigenvalue weighted by Gasteiger charge is -2.07. The van der Waals surface area contributed by atoms with Gasteiger partial charge >= 0.3 is 0 Å². The SMILES string of the molecule is N#Cc1n[nH]nc1-c1cccc(OCc2ccc3occc3c2)c1. The zero-order valence-corrected chi connectivity index (χ0v) is 12.6. The van der Waals surface area contributed by atoms with Crippen LogP contribution in [-0.4, -0.2) is 15.4 Å². The van der Waals surface area contributed by atoms with Crippen molar-refractivity contribution >= 4 is 11.0 Å². The first kappa shape index (κ1) is 14.0. The van der Waals surface area contributed by atoms with Gasteiger partial charge in [-0.25, -0.2) is 0 Å². The number of hydrogen-bond acceptors (Lipinski definition) is 5. The van der Waals surface area contributed by atoms with Crippen LogP contribution in [0.15, 0.2) is 59.2 Å². The average molecular weight is 316 g/mol. The van der Waals surface area contributed by atoms with Gasteiger partial charge in [-0.1, -0.05) is 18.2 Å². The highest BCUT2D eigenvalue weighted by molar-refractivity contribution is 5.77. The maximum absolute atomic E-state index is 9.05. The second-order valence-corrected chi connectivity index (χ2v) is 5.24. The quantitative estimate of drug-likeness (QED) is 0.620. The van der Waals surface area contributed by atoms with Gasteiger partial charge in [-0.05, 0) is 35.9 Å². The number of aromatic amines is 1. The van der Waals surface area contributed by atoms with Crippen molar-refractivity contribution in [3.8, 4) is 23.1 Å². The van der Waals surface area contributed by atoms with Crippen LogP contribution in [0.1, 0.15) is 11.3 Å². The fraction of sp³-hybridized carbons (Fsp3) is 0.0556. The van der Waals surface area contributed by atoms with Crippen LogP contribution in [0.25, 0.3) is 22.2 Å². The molecule has 0 fully saturated rings. The lowest BCUT2D eigenvalue weighted by Crippen LogP contribution is -1.95. The van der Waals surface area contributed by atoms with E-state index >= 15 is 0 Å². The van der Waals surface area contributed by atoms with Crippen molar-refractivity contribution in [3.05, 3.63) is 66.1 Å². The number of H-pyrrole nitrogens is 1. The number of benzene rings is 2. The minimum atomic E-state index is 0.262. The summed E-state index contributed by atoms with van der Waals surface area (Å²) in [6.07, 6.45) is 1.67. The van der Waals surface area contributed by atoms with E-state index < -0.39 is 0 Å². The van der Waals surface area contributed by atoms with Crippen LogP contribution in [0.2, 0.25) is 0 Å². The average Bonchev–Trinajstić information content (AvgIpc) is 3.28. The number of nitriles is 1. The predicted octanol–water partition coefficient (Wildman–Crippen LogP) is 3.67. The number of nitrogens with one attached hydrogen (secondary N) is 1. The van der Waals surface area contributed by atoms with Gasteiger partial charge < -0.3 is 9.15 Å². The maximum Gasteiger partial charge on any atom is 0.190 e. The number of rotatable bonds is 4. The van der Waals surface area contributed by atoms with Crippen LogP contribution >= 0.6 is 0 Å². The molecule has 1 N–H and O–H groups in total. The molecule has 0 aliphatic rings. The van der Waals surface area contributed by atoms with Crippen molar-refractivity contribution in [1.82, 2.24) is 15.4 Å². The van der Waals surface area contributed by atoms with Crippen LogP contribution in [0.4, 0.5) is 0 Å². The summed E-state index contributed by atoms with van der Waals surface area (Å²) in [6, 6.07) is 17.3. The van der Waals surface area contributed by atoms with E-state index in [9.17, 15) is 0 Å². The molecule has 0 saturated carbocycles. The number of furan rings is 1. The summed E-state index contributed by atoms with van der Waals surface area (Å²) >= 11 is 0. The molecule has 0 saturated heterocycles. The molecular weight excluding hydrogens is 304 g/mol. The highest BCUT2D eigenvalue weighted by atomic mass is 16.5. The Morgan fingerprint density at radius 1 is 1.12 bits per heavy atom. The van der Waals surface area contributed by atoms with Gasteiger partial charge in [0.05, 0.1) is 6.26 Å². The molecule has 0 aliphatic carbocycles. The number of ether oxygens (including phenoxy) is 1. The van der Waals surface area contributed by atoms with Crippen molar-refractivity contribution in [2.24, 2.45) is 0 Å². The Balaban J connectivity index is 1.55. The van der Waals surface area contributed by atoms with Gasteiger partial charge in [-0.15, -0.1) is 5.10 Å². The molecule has 2 heterocycles. The molecule has 0 aliphatic heterocycles. The smallest absolute Gasteiger partial charge is 0.190 e. The molecule has 6 nitrogen and oxygen atoms in total. The lowest BCUT2D eigenvalue weighted by molar-refractivity contribution is 0.306. The van der Waals surface area contributed by atoms with Gasteiger partial charge in [0.1, 0.15) is 29.7 Å². The Hall–Kier alpha value is -3.59. The number of nitrogens with zero attached hydrogens (tertiary/aromatic N) is 3.